The third-order valence-electron chi connectivity index (χ3n) is 3.73. The van der Waals surface area contributed by atoms with Gasteiger partial charge in [0.15, 0.2) is 0 Å². The number of carbonyl (C=O) groups excluding carboxylic acids is 2. The first-order valence-electron chi connectivity index (χ1n) is 6.73. The number of nitrogens with zero attached hydrogens (tertiary/aromatic N) is 2. The minimum absolute atomic E-state index is 0.436. The van der Waals surface area contributed by atoms with Gasteiger partial charge in [0.05, 0.1) is 24.5 Å². The lowest BCUT2D eigenvalue weighted by atomic mass is 10.1. The van der Waals surface area contributed by atoms with Crippen LogP contribution in [0.15, 0.2) is 21.1 Å². The molecule has 0 atom stereocenters. The number of carbonyl (C=O) groups is 2. The Bertz CT molecular complexity index is 600. The summed E-state index contributed by atoms with van der Waals surface area (Å²) in [6.45, 7) is 4.43. The summed E-state index contributed by atoms with van der Waals surface area (Å²) in [7, 11) is 0. The van der Waals surface area contributed by atoms with E-state index in [9.17, 15) is 9.59 Å². The lowest BCUT2D eigenvalue weighted by molar-refractivity contribution is -0.114. The number of benzene rings is 1. The van der Waals surface area contributed by atoms with Crippen molar-refractivity contribution in [1.82, 2.24) is 4.90 Å². The summed E-state index contributed by atoms with van der Waals surface area (Å²) in [4.78, 5) is 28.1. The number of amides is 1. The van der Waals surface area contributed by atoms with E-state index in [1.54, 1.807) is 11.0 Å². The van der Waals surface area contributed by atoms with Gasteiger partial charge in [0, 0.05) is 35.1 Å². The lowest BCUT2D eigenvalue weighted by Gasteiger charge is -2.28. The molecule has 0 bridgehead atoms. The maximum Gasteiger partial charge on any atom is 0.299 e. The van der Waals surface area contributed by atoms with Crippen molar-refractivity contribution < 1.29 is 14.3 Å². The summed E-state index contributed by atoms with van der Waals surface area (Å²) in [5.41, 5.74) is 1.14. The molecule has 7 heteroatoms. The largest absolute Gasteiger partial charge is 0.379 e. The van der Waals surface area contributed by atoms with E-state index in [2.05, 4.69) is 36.8 Å². The Labute approximate surface area is 139 Å². The molecule has 1 aromatic rings. The van der Waals surface area contributed by atoms with Crippen molar-refractivity contribution in [1.29, 1.82) is 0 Å². The minimum Gasteiger partial charge on any atom is -0.379 e. The summed E-state index contributed by atoms with van der Waals surface area (Å²) < 4.78 is 6.85. The molecule has 2 aliphatic heterocycles. The smallest absolute Gasteiger partial charge is 0.299 e. The van der Waals surface area contributed by atoms with Crippen LogP contribution in [0.3, 0.4) is 0 Å². The highest BCUT2D eigenvalue weighted by Gasteiger charge is 2.37. The van der Waals surface area contributed by atoms with Gasteiger partial charge in [0.2, 0.25) is 0 Å². The van der Waals surface area contributed by atoms with Crippen molar-refractivity contribution in [2.75, 3.05) is 44.3 Å². The first-order valence-corrected chi connectivity index (χ1v) is 8.32. The Balaban J connectivity index is 1.80. The fraction of sp³-hybridized carbons (Fsp3) is 0.429. The number of fused-ring (bicyclic) bond motifs is 1. The van der Waals surface area contributed by atoms with Gasteiger partial charge in [-0.15, -0.1) is 0 Å². The molecule has 2 heterocycles. The number of hydrogen-bond donors (Lipinski definition) is 0. The van der Waals surface area contributed by atoms with Crippen molar-refractivity contribution >= 4 is 49.2 Å². The maximum atomic E-state index is 12.2. The normalized spacial score (nSPS) is 19.2. The summed E-state index contributed by atoms with van der Waals surface area (Å²) >= 11 is 6.80. The van der Waals surface area contributed by atoms with Crippen LogP contribution in [-0.4, -0.2) is 56.0 Å². The third kappa shape index (κ3) is 2.92. The molecule has 2 aliphatic rings. The van der Waals surface area contributed by atoms with Gasteiger partial charge in [-0.25, -0.2) is 0 Å². The van der Waals surface area contributed by atoms with Crippen LogP contribution < -0.4 is 4.90 Å². The summed E-state index contributed by atoms with van der Waals surface area (Å²) in [6.07, 6.45) is 0. The number of halogens is 2. The zero-order valence-electron chi connectivity index (χ0n) is 11.3. The van der Waals surface area contributed by atoms with Crippen molar-refractivity contribution in [3.05, 3.63) is 26.6 Å². The van der Waals surface area contributed by atoms with Crippen LogP contribution in [0.25, 0.3) is 0 Å². The SMILES string of the molecule is O=C1C(=O)N(CCN2CCOCC2)c2c(Br)cc(Br)cc21. The zero-order chi connectivity index (χ0) is 15.0. The van der Waals surface area contributed by atoms with Gasteiger partial charge in [0.25, 0.3) is 11.7 Å². The van der Waals surface area contributed by atoms with Gasteiger partial charge in [0.1, 0.15) is 0 Å². The Morgan fingerprint density at radius 2 is 1.81 bits per heavy atom. The van der Waals surface area contributed by atoms with Crippen LogP contribution >= 0.6 is 31.9 Å². The van der Waals surface area contributed by atoms with Crippen LogP contribution in [0.1, 0.15) is 10.4 Å². The number of rotatable bonds is 3. The van der Waals surface area contributed by atoms with E-state index in [0.29, 0.717) is 17.8 Å². The quantitative estimate of drug-likeness (QED) is 0.706. The molecule has 0 unspecified atom stereocenters. The minimum atomic E-state index is -0.447. The van der Waals surface area contributed by atoms with Crippen molar-refractivity contribution in [3.63, 3.8) is 0 Å². The molecular formula is C14H14Br2N2O3. The highest BCUT2D eigenvalue weighted by atomic mass is 79.9. The predicted molar refractivity (Wildman–Crippen MR) is 85.8 cm³/mol. The third-order valence-corrected chi connectivity index (χ3v) is 4.79. The number of Topliss-reactive ketones (excluding diaryl/α,β-unsaturated/α-hetero) is 1. The van der Waals surface area contributed by atoms with Gasteiger partial charge in [-0.1, -0.05) is 15.9 Å². The van der Waals surface area contributed by atoms with Gasteiger partial charge >= 0.3 is 0 Å². The van der Waals surface area contributed by atoms with Gasteiger partial charge in [-0.05, 0) is 28.1 Å². The fourth-order valence-corrected chi connectivity index (χ4v) is 4.07. The van der Waals surface area contributed by atoms with Crippen molar-refractivity contribution in [3.8, 4) is 0 Å². The van der Waals surface area contributed by atoms with E-state index >= 15 is 0 Å². The Morgan fingerprint density at radius 3 is 2.52 bits per heavy atom. The van der Waals surface area contributed by atoms with Crippen molar-refractivity contribution in [2.45, 2.75) is 0 Å². The summed E-state index contributed by atoms with van der Waals surface area (Å²) in [5.74, 6) is -0.883. The maximum absolute atomic E-state index is 12.2. The van der Waals surface area contributed by atoms with E-state index in [1.807, 2.05) is 6.07 Å². The van der Waals surface area contributed by atoms with E-state index in [1.165, 1.54) is 0 Å². The lowest BCUT2D eigenvalue weighted by Crippen LogP contribution is -2.42. The molecule has 1 fully saturated rings. The molecule has 3 rings (SSSR count). The number of ketones is 1. The van der Waals surface area contributed by atoms with E-state index in [0.717, 1.165) is 41.8 Å². The predicted octanol–water partition coefficient (Wildman–Crippen LogP) is 2.07. The highest BCUT2D eigenvalue weighted by Crippen LogP contribution is 2.38. The molecule has 1 amide bonds. The number of ether oxygens (including phenoxy) is 1. The van der Waals surface area contributed by atoms with Gasteiger partial charge < -0.3 is 9.64 Å². The summed E-state index contributed by atoms with van der Waals surface area (Å²) in [5, 5.41) is 0. The Kier molecular flexibility index (Phi) is 4.44. The average Bonchev–Trinajstić information content (AvgIpc) is 2.71. The second-order valence-corrected chi connectivity index (χ2v) is 6.79. The van der Waals surface area contributed by atoms with Crippen LogP contribution in [0.4, 0.5) is 5.69 Å². The molecule has 1 aromatic carbocycles. The second kappa shape index (κ2) is 6.16. The number of anilines is 1. The molecule has 0 aromatic heterocycles. The average molecular weight is 418 g/mol. The second-order valence-electron chi connectivity index (χ2n) is 5.02. The number of hydrogen-bond acceptors (Lipinski definition) is 4. The van der Waals surface area contributed by atoms with Gasteiger partial charge in [-0.3, -0.25) is 14.5 Å². The monoisotopic (exact) mass is 416 g/mol. The zero-order valence-corrected chi connectivity index (χ0v) is 14.4. The van der Waals surface area contributed by atoms with Crippen molar-refractivity contribution in [2.24, 2.45) is 0 Å². The standard InChI is InChI=1S/C14H14Br2N2O3/c15-9-7-10-12(11(16)8-9)18(14(20)13(10)19)2-1-17-3-5-21-6-4-17/h7-8H,1-6H2. The topological polar surface area (TPSA) is 49.9 Å². The molecule has 21 heavy (non-hydrogen) atoms. The first kappa shape index (κ1) is 15.1. The van der Waals surface area contributed by atoms with E-state index < -0.39 is 11.7 Å². The van der Waals surface area contributed by atoms with Crippen LogP contribution in [0.5, 0.6) is 0 Å². The molecule has 0 spiro atoms. The van der Waals surface area contributed by atoms with Crippen LogP contribution in [0.2, 0.25) is 0 Å². The Hall–Kier alpha value is -0.760. The van der Waals surface area contributed by atoms with E-state index in [-0.39, 0.29) is 0 Å². The molecule has 0 N–H and O–H groups in total. The van der Waals surface area contributed by atoms with Gasteiger partial charge in [-0.2, -0.15) is 0 Å². The number of morpholine rings is 1. The molecule has 0 radical (unpaired) electrons. The highest BCUT2D eigenvalue weighted by molar-refractivity contribution is 9.11. The Morgan fingerprint density at radius 1 is 1.10 bits per heavy atom. The van der Waals surface area contributed by atoms with E-state index in [4.69, 9.17) is 4.74 Å². The van der Waals surface area contributed by atoms with Crippen LogP contribution in [-0.2, 0) is 9.53 Å². The molecule has 112 valence electrons. The molecule has 1 saturated heterocycles. The first-order chi connectivity index (χ1) is 10.1. The molecule has 0 aliphatic carbocycles. The molecule has 5 nitrogen and oxygen atoms in total. The molecule has 0 saturated carbocycles. The fourth-order valence-electron chi connectivity index (χ4n) is 2.63. The molecular weight excluding hydrogens is 404 g/mol. The summed E-state index contributed by atoms with van der Waals surface area (Å²) in [6, 6.07) is 3.56. The van der Waals surface area contributed by atoms with Crippen LogP contribution in [0, 0.1) is 0 Å².